The Labute approximate surface area is 96.9 Å². The lowest BCUT2D eigenvalue weighted by Crippen LogP contribution is -2.27. The number of carbonyl (C=O) groups is 1. The summed E-state index contributed by atoms with van der Waals surface area (Å²) in [4.78, 5) is 11.1. The van der Waals surface area contributed by atoms with Gasteiger partial charge in [0.05, 0.1) is 22.3 Å². The molecule has 0 aliphatic carbocycles. The van der Waals surface area contributed by atoms with E-state index in [1.807, 2.05) is 0 Å². The summed E-state index contributed by atoms with van der Waals surface area (Å²) in [6.45, 7) is 1.82. The first-order valence-electron chi connectivity index (χ1n) is 4.17. The van der Waals surface area contributed by atoms with Crippen molar-refractivity contribution in [3.8, 4) is 0 Å². The Morgan fingerprint density at radius 1 is 1.47 bits per heavy atom. The molecule has 0 saturated heterocycles. The van der Waals surface area contributed by atoms with Gasteiger partial charge in [0.1, 0.15) is 0 Å². The number of halogens is 2. The molecule has 4 nitrogen and oxygen atoms in total. The van der Waals surface area contributed by atoms with Crippen LogP contribution in [0.25, 0.3) is 0 Å². The Morgan fingerprint density at radius 2 is 2.13 bits per heavy atom. The smallest absolute Gasteiger partial charge is 0.438 e. The van der Waals surface area contributed by atoms with Gasteiger partial charge in [0.2, 0.25) is 0 Å². The maximum Gasteiger partial charge on any atom is 0.438 e. The first-order chi connectivity index (χ1) is 7.06. The van der Waals surface area contributed by atoms with Crippen molar-refractivity contribution in [1.29, 1.82) is 0 Å². The molecule has 15 heavy (non-hydrogen) atoms. The van der Waals surface area contributed by atoms with Gasteiger partial charge >= 0.3 is 6.09 Å². The van der Waals surface area contributed by atoms with E-state index in [2.05, 4.69) is 4.74 Å². The van der Waals surface area contributed by atoms with Crippen LogP contribution >= 0.6 is 23.2 Å². The van der Waals surface area contributed by atoms with E-state index in [-0.39, 0.29) is 17.3 Å². The summed E-state index contributed by atoms with van der Waals surface area (Å²) < 4.78 is 4.59. The molecule has 6 heteroatoms. The molecule has 0 spiro atoms. The molecule has 0 bridgehead atoms. The molecule has 0 aliphatic heterocycles. The third-order valence-corrected chi connectivity index (χ3v) is 2.33. The van der Waals surface area contributed by atoms with E-state index in [0.29, 0.717) is 10.1 Å². The van der Waals surface area contributed by atoms with Crippen LogP contribution in [0.15, 0.2) is 18.2 Å². The highest BCUT2D eigenvalue weighted by Gasteiger charge is 2.14. The predicted molar refractivity (Wildman–Crippen MR) is 57.7 cm³/mol. The lowest BCUT2D eigenvalue weighted by atomic mass is 10.3. The molecule has 1 amide bonds. The third-order valence-electron chi connectivity index (χ3n) is 1.59. The predicted octanol–water partition coefficient (Wildman–Crippen LogP) is 3.35. The zero-order valence-electron chi connectivity index (χ0n) is 7.91. The van der Waals surface area contributed by atoms with Crippen LogP contribution in [0.4, 0.5) is 10.5 Å². The summed E-state index contributed by atoms with van der Waals surface area (Å²) in [5, 5.41) is 10.4. The fourth-order valence-corrected chi connectivity index (χ4v) is 1.20. The third kappa shape index (κ3) is 2.99. The van der Waals surface area contributed by atoms with Gasteiger partial charge < -0.3 is 4.74 Å². The number of carbonyl (C=O) groups excluding carboxylic acids is 1. The summed E-state index contributed by atoms with van der Waals surface area (Å²) in [7, 11) is 0. The van der Waals surface area contributed by atoms with E-state index < -0.39 is 6.09 Å². The van der Waals surface area contributed by atoms with E-state index in [1.54, 1.807) is 6.92 Å². The summed E-state index contributed by atoms with van der Waals surface area (Å²) in [6.07, 6.45) is -0.865. The average molecular weight is 250 g/mol. The molecule has 1 aromatic carbocycles. The van der Waals surface area contributed by atoms with Gasteiger partial charge in [0.15, 0.2) is 0 Å². The Hall–Kier alpha value is -0.970. The van der Waals surface area contributed by atoms with Crippen molar-refractivity contribution >= 4 is 35.0 Å². The number of hydrogen-bond donors (Lipinski definition) is 1. The second kappa shape index (κ2) is 5.21. The van der Waals surface area contributed by atoms with Crippen molar-refractivity contribution < 1.29 is 14.7 Å². The topological polar surface area (TPSA) is 49.8 Å². The highest BCUT2D eigenvalue weighted by Crippen LogP contribution is 2.26. The lowest BCUT2D eigenvalue weighted by Gasteiger charge is -2.14. The molecule has 0 radical (unpaired) electrons. The van der Waals surface area contributed by atoms with Crippen molar-refractivity contribution in [2.24, 2.45) is 0 Å². The Balaban J connectivity index is 2.86. The minimum Gasteiger partial charge on any atom is -0.448 e. The van der Waals surface area contributed by atoms with Gasteiger partial charge in [0.25, 0.3) is 0 Å². The average Bonchev–Trinajstić information content (AvgIpc) is 2.21. The maximum absolute atomic E-state index is 11.1. The van der Waals surface area contributed by atoms with Crippen molar-refractivity contribution in [3.63, 3.8) is 0 Å². The number of hydrogen-bond acceptors (Lipinski definition) is 3. The first-order valence-corrected chi connectivity index (χ1v) is 4.92. The van der Waals surface area contributed by atoms with Gasteiger partial charge in [-0.1, -0.05) is 23.2 Å². The molecular weight excluding hydrogens is 241 g/mol. The molecule has 0 saturated carbocycles. The number of rotatable bonds is 2. The highest BCUT2D eigenvalue weighted by molar-refractivity contribution is 6.42. The van der Waals surface area contributed by atoms with Gasteiger partial charge in [-0.25, -0.2) is 4.79 Å². The van der Waals surface area contributed by atoms with Gasteiger partial charge in [-0.05, 0) is 25.1 Å². The van der Waals surface area contributed by atoms with Crippen molar-refractivity contribution in [2.75, 3.05) is 11.7 Å². The maximum atomic E-state index is 11.1. The van der Waals surface area contributed by atoms with Gasteiger partial charge in [-0.2, -0.15) is 5.06 Å². The fraction of sp³-hybridized carbons (Fsp3) is 0.222. The molecular formula is C9H9Cl2NO3. The van der Waals surface area contributed by atoms with Crippen LogP contribution in [0.5, 0.6) is 0 Å². The number of benzene rings is 1. The molecule has 1 rings (SSSR count). The number of ether oxygens (including phenoxy) is 1. The Bertz CT molecular complexity index is 370. The summed E-state index contributed by atoms with van der Waals surface area (Å²) in [6, 6.07) is 4.29. The van der Waals surface area contributed by atoms with E-state index in [0.717, 1.165) is 0 Å². The van der Waals surface area contributed by atoms with Gasteiger partial charge in [-0.15, -0.1) is 0 Å². The number of nitrogens with zero attached hydrogens (tertiary/aromatic N) is 1. The minimum atomic E-state index is -0.865. The molecule has 0 aliphatic rings. The summed E-state index contributed by atoms with van der Waals surface area (Å²) in [5.74, 6) is 0. The normalized spacial score (nSPS) is 9.87. The largest absolute Gasteiger partial charge is 0.448 e. The SMILES string of the molecule is CCOC(=O)N(O)c1ccc(Cl)c(Cl)c1. The zero-order chi connectivity index (χ0) is 11.4. The molecule has 82 valence electrons. The van der Waals surface area contributed by atoms with E-state index in [1.165, 1.54) is 18.2 Å². The number of amides is 1. The van der Waals surface area contributed by atoms with Crippen LogP contribution in [0.3, 0.4) is 0 Å². The van der Waals surface area contributed by atoms with Crippen LogP contribution in [0.2, 0.25) is 10.0 Å². The second-order valence-electron chi connectivity index (χ2n) is 2.61. The van der Waals surface area contributed by atoms with E-state index in [9.17, 15) is 10.0 Å². The van der Waals surface area contributed by atoms with Gasteiger partial charge in [-0.3, -0.25) is 5.21 Å². The second-order valence-corrected chi connectivity index (χ2v) is 3.42. The molecule has 0 aromatic heterocycles. The number of hydroxylamine groups is 1. The Morgan fingerprint density at radius 3 is 2.67 bits per heavy atom. The molecule has 0 fully saturated rings. The van der Waals surface area contributed by atoms with Crippen molar-refractivity contribution in [1.82, 2.24) is 0 Å². The fourth-order valence-electron chi connectivity index (χ4n) is 0.907. The summed E-state index contributed by atoms with van der Waals surface area (Å²) >= 11 is 11.4. The van der Waals surface area contributed by atoms with Crippen LogP contribution in [0, 0.1) is 0 Å². The van der Waals surface area contributed by atoms with E-state index >= 15 is 0 Å². The van der Waals surface area contributed by atoms with E-state index in [4.69, 9.17) is 23.2 Å². The van der Waals surface area contributed by atoms with Crippen molar-refractivity contribution in [3.05, 3.63) is 28.2 Å². The monoisotopic (exact) mass is 249 g/mol. The molecule has 1 aromatic rings. The van der Waals surface area contributed by atoms with Gasteiger partial charge in [0, 0.05) is 0 Å². The summed E-state index contributed by atoms with van der Waals surface area (Å²) in [5.41, 5.74) is 0.197. The van der Waals surface area contributed by atoms with Crippen LogP contribution in [-0.2, 0) is 4.74 Å². The first kappa shape index (κ1) is 12.1. The van der Waals surface area contributed by atoms with Crippen LogP contribution in [0.1, 0.15) is 6.92 Å². The Kier molecular flexibility index (Phi) is 4.20. The van der Waals surface area contributed by atoms with Crippen LogP contribution in [-0.4, -0.2) is 17.9 Å². The molecule has 0 atom stereocenters. The highest BCUT2D eigenvalue weighted by atomic mass is 35.5. The minimum absolute atomic E-state index is 0.178. The molecule has 1 N–H and O–H groups in total. The number of anilines is 1. The molecule has 0 heterocycles. The quantitative estimate of drug-likeness (QED) is 0.646. The lowest BCUT2D eigenvalue weighted by molar-refractivity contribution is 0.125. The van der Waals surface area contributed by atoms with Crippen molar-refractivity contribution in [2.45, 2.75) is 6.92 Å². The van der Waals surface area contributed by atoms with Crippen LogP contribution < -0.4 is 5.06 Å². The standard InChI is InChI=1S/C9H9Cl2NO3/c1-2-15-9(13)12(14)6-3-4-7(10)8(11)5-6/h3-5,14H,2H2,1H3. The molecule has 0 unspecified atom stereocenters. The zero-order valence-corrected chi connectivity index (χ0v) is 9.42.